The summed E-state index contributed by atoms with van der Waals surface area (Å²) in [5.41, 5.74) is 1.61. The Hall–Kier alpha value is -2.47. The van der Waals surface area contributed by atoms with Crippen molar-refractivity contribution in [3.05, 3.63) is 64.6 Å². The fraction of sp³-hybridized carbons (Fsp3) is 0.0667. The highest BCUT2D eigenvalue weighted by Crippen LogP contribution is 2.22. The van der Waals surface area contributed by atoms with Crippen LogP contribution in [0.3, 0.4) is 0 Å². The normalized spacial score (nSPS) is 10.5. The third-order valence-corrected chi connectivity index (χ3v) is 3.69. The first-order valence-corrected chi connectivity index (χ1v) is 7.12. The lowest BCUT2D eigenvalue weighted by Crippen LogP contribution is -2.22. The summed E-state index contributed by atoms with van der Waals surface area (Å²) in [6.07, 6.45) is 1.45. The molecule has 1 N–H and O–H groups in total. The average Bonchev–Trinajstić information content (AvgIpc) is 3.17. The van der Waals surface area contributed by atoms with E-state index in [4.69, 9.17) is 4.42 Å². The summed E-state index contributed by atoms with van der Waals surface area (Å²) in [4.78, 5) is 16.1. The van der Waals surface area contributed by atoms with Crippen molar-refractivity contribution in [2.45, 2.75) is 6.54 Å². The number of hydrogen-bond donors (Lipinski definition) is 1. The van der Waals surface area contributed by atoms with E-state index in [1.165, 1.54) is 29.7 Å². The molecule has 21 heavy (non-hydrogen) atoms. The van der Waals surface area contributed by atoms with E-state index in [-0.39, 0.29) is 17.5 Å². The minimum Gasteiger partial charge on any atom is -0.459 e. The minimum atomic E-state index is -0.279. The summed E-state index contributed by atoms with van der Waals surface area (Å²) in [5, 5.41) is 5.38. The molecule has 6 heteroatoms. The lowest BCUT2D eigenvalue weighted by molar-refractivity contribution is 0.0923. The van der Waals surface area contributed by atoms with E-state index in [1.54, 1.807) is 24.3 Å². The number of nitrogens with one attached hydrogen (secondary N) is 1. The van der Waals surface area contributed by atoms with Gasteiger partial charge in [-0.1, -0.05) is 0 Å². The number of aromatic nitrogens is 1. The fourth-order valence-electron chi connectivity index (χ4n) is 1.80. The van der Waals surface area contributed by atoms with E-state index in [9.17, 15) is 9.18 Å². The van der Waals surface area contributed by atoms with Crippen LogP contribution in [0, 0.1) is 5.82 Å². The van der Waals surface area contributed by atoms with Gasteiger partial charge in [0.15, 0.2) is 5.76 Å². The topological polar surface area (TPSA) is 55.1 Å². The van der Waals surface area contributed by atoms with E-state index in [0.717, 1.165) is 16.3 Å². The van der Waals surface area contributed by atoms with Gasteiger partial charge in [-0.2, -0.15) is 0 Å². The Bertz CT molecular complexity index is 735. The molecule has 0 fully saturated rings. The van der Waals surface area contributed by atoms with Crippen LogP contribution in [0.25, 0.3) is 11.3 Å². The predicted molar refractivity (Wildman–Crippen MR) is 77.4 cm³/mol. The maximum Gasteiger partial charge on any atom is 0.287 e. The molecular formula is C15H11FN2O2S. The lowest BCUT2D eigenvalue weighted by Gasteiger charge is -1.99. The summed E-state index contributed by atoms with van der Waals surface area (Å²) < 4.78 is 17.9. The molecule has 0 saturated carbocycles. The molecule has 0 aliphatic carbocycles. The van der Waals surface area contributed by atoms with E-state index in [1.807, 2.05) is 5.38 Å². The molecule has 3 rings (SSSR count). The molecule has 4 nitrogen and oxygen atoms in total. The maximum absolute atomic E-state index is 12.9. The summed E-state index contributed by atoms with van der Waals surface area (Å²) in [6, 6.07) is 9.40. The quantitative estimate of drug-likeness (QED) is 0.803. The number of nitrogens with zero attached hydrogens (tertiary/aromatic N) is 1. The molecule has 106 valence electrons. The van der Waals surface area contributed by atoms with Crippen LogP contribution in [0.15, 0.2) is 52.5 Å². The zero-order chi connectivity index (χ0) is 14.7. The van der Waals surface area contributed by atoms with E-state index in [0.29, 0.717) is 6.54 Å². The first-order chi connectivity index (χ1) is 10.2. The van der Waals surface area contributed by atoms with Crippen molar-refractivity contribution in [1.29, 1.82) is 0 Å². The summed E-state index contributed by atoms with van der Waals surface area (Å²) in [7, 11) is 0. The molecule has 2 heterocycles. The number of amides is 1. The van der Waals surface area contributed by atoms with Crippen LogP contribution >= 0.6 is 11.3 Å². The highest BCUT2D eigenvalue weighted by molar-refractivity contribution is 7.09. The molecule has 3 aromatic rings. The SMILES string of the molecule is O=C(NCc1nc(-c2ccc(F)cc2)cs1)c1ccco1. The van der Waals surface area contributed by atoms with Crippen LogP contribution in [-0.2, 0) is 6.54 Å². The van der Waals surface area contributed by atoms with Gasteiger partial charge in [0.2, 0.25) is 0 Å². The molecule has 1 aromatic carbocycles. The lowest BCUT2D eigenvalue weighted by atomic mass is 10.2. The van der Waals surface area contributed by atoms with Crippen molar-refractivity contribution >= 4 is 17.2 Å². The van der Waals surface area contributed by atoms with E-state index < -0.39 is 0 Å². The summed E-state index contributed by atoms with van der Waals surface area (Å²) in [6.45, 7) is 0.325. The molecule has 0 aliphatic rings. The highest BCUT2D eigenvalue weighted by Gasteiger charge is 2.10. The summed E-state index contributed by atoms with van der Waals surface area (Å²) >= 11 is 1.44. The molecule has 0 unspecified atom stereocenters. The standard InChI is InChI=1S/C15H11FN2O2S/c16-11-5-3-10(4-6-11)12-9-21-14(18-12)8-17-15(19)13-2-1-7-20-13/h1-7,9H,8H2,(H,17,19). The van der Waals surface area contributed by atoms with Crippen LogP contribution in [0.5, 0.6) is 0 Å². The number of furan rings is 1. The Labute approximate surface area is 124 Å². The van der Waals surface area contributed by atoms with Crippen LogP contribution in [0.2, 0.25) is 0 Å². The third-order valence-electron chi connectivity index (χ3n) is 2.84. The number of benzene rings is 1. The van der Waals surface area contributed by atoms with Crippen LogP contribution in [0.1, 0.15) is 15.6 Å². The molecule has 0 radical (unpaired) electrons. The van der Waals surface area contributed by atoms with Gasteiger partial charge < -0.3 is 9.73 Å². The van der Waals surface area contributed by atoms with Gasteiger partial charge in [0, 0.05) is 10.9 Å². The van der Waals surface area contributed by atoms with Gasteiger partial charge in [0.1, 0.15) is 10.8 Å². The first-order valence-electron chi connectivity index (χ1n) is 6.24. The van der Waals surface area contributed by atoms with Crippen molar-refractivity contribution in [2.75, 3.05) is 0 Å². The monoisotopic (exact) mass is 302 g/mol. The number of carbonyl (C=O) groups excluding carboxylic acids is 1. The van der Waals surface area contributed by atoms with Crippen molar-refractivity contribution in [3.63, 3.8) is 0 Å². The highest BCUT2D eigenvalue weighted by atomic mass is 32.1. The van der Waals surface area contributed by atoms with Gasteiger partial charge in [-0.3, -0.25) is 4.79 Å². The van der Waals surface area contributed by atoms with Crippen LogP contribution < -0.4 is 5.32 Å². The minimum absolute atomic E-state index is 0.269. The van der Waals surface area contributed by atoms with E-state index in [2.05, 4.69) is 10.3 Å². The molecule has 0 saturated heterocycles. The molecule has 0 spiro atoms. The van der Waals surface area contributed by atoms with Gasteiger partial charge in [-0.25, -0.2) is 9.37 Å². The van der Waals surface area contributed by atoms with Crippen molar-refractivity contribution in [2.24, 2.45) is 0 Å². The smallest absolute Gasteiger partial charge is 0.287 e. The van der Waals surface area contributed by atoms with Crippen molar-refractivity contribution < 1.29 is 13.6 Å². The largest absolute Gasteiger partial charge is 0.459 e. The molecule has 2 aromatic heterocycles. The Morgan fingerprint density at radius 3 is 2.81 bits per heavy atom. The molecule has 1 amide bonds. The van der Waals surface area contributed by atoms with Gasteiger partial charge in [-0.05, 0) is 36.4 Å². The number of carbonyl (C=O) groups is 1. The second-order valence-corrected chi connectivity index (χ2v) is 5.24. The van der Waals surface area contributed by atoms with Gasteiger partial charge >= 0.3 is 0 Å². The van der Waals surface area contributed by atoms with Gasteiger partial charge in [0.25, 0.3) is 5.91 Å². The Morgan fingerprint density at radius 2 is 2.10 bits per heavy atom. The third kappa shape index (κ3) is 3.17. The number of rotatable bonds is 4. The predicted octanol–water partition coefficient (Wildman–Crippen LogP) is 3.47. The number of halogens is 1. The zero-order valence-electron chi connectivity index (χ0n) is 10.9. The van der Waals surface area contributed by atoms with Gasteiger partial charge in [-0.15, -0.1) is 11.3 Å². The Morgan fingerprint density at radius 1 is 1.29 bits per heavy atom. The molecule has 0 aliphatic heterocycles. The Balaban J connectivity index is 1.65. The van der Waals surface area contributed by atoms with Crippen molar-refractivity contribution in [1.82, 2.24) is 10.3 Å². The van der Waals surface area contributed by atoms with Crippen molar-refractivity contribution in [3.8, 4) is 11.3 Å². The molecule has 0 bridgehead atoms. The Kier molecular flexibility index (Phi) is 3.79. The molecular weight excluding hydrogens is 291 g/mol. The second-order valence-electron chi connectivity index (χ2n) is 4.29. The fourth-order valence-corrected chi connectivity index (χ4v) is 2.54. The number of hydrogen-bond acceptors (Lipinski definition) is 4. The summed E-state index contributed by atoms with van der Waals surface area (Å²) in [5.74, 6) is -0.288. The number of thiazole rings is 1. The average molecular weight is 302 g/mol. The van der Waals surface area contributed by atoms with Crippen LogP contribution in [-0.4, -0.2) is 10.9 Å². The second kappa shape index (κ2) is 5.88. The maximum atomic E-state index is 12.9. The molecule has 0 atom stereocenters. The van der Waals surface area contributed by atoms with Gasteiger partial charge in [0.05, 0.1) is 18.5 Å². The zero-order valence-corrected chi connectivity index (χ0v) is 11.7. The van der Waals surface area contributed by atoms with E-state index >= 15 is 0 Å². The van der Waals surface area contributed by atoms with Crippen LogP contribution in [0.4, 0.5) is 4.39 Å². The first kappa shape index (κ1) is 13.5.